The van der Waals surface area contributed by atoms with Gasteiger partial charge in [-0.15, -0.1) is 0 Å². The van der Waals surface area contributed by atoms with Crippen LogP contribution >= 0.6 is 0 Å². The Morgan fingerprint density at radius 1 is 1.46 bits per heavy atom. The van der Waals surface area contributed by atoms with Crippen molar-refractivity contribution in [1.29, 1.82) is 0 Å². The molecule has 0 spiro atoms. The Bertz CT molecular complexity index is 230. The Labute approximate surface area is 77.5 Å². The fraction of sp³-hybridized carbons (Fsp3) is 0.667. The van der Waals surface area contributed by atoms with Crippen LogP contribution in [0.1, 0.15) is 12.8 Å². The van der Waals surface area contributed by atoms with Gasteiger partial charge >= 0.3 is 0 Å². The molecule has 1 saturated heterocycles. The van der Waals surface area contributed by atoms with E-state index in [0.29, 0.717) is 12.8 Å². The second-order valence-electron chi connectivity index (χ2n) is 3.18. The average molecular weight is 182 g/mol. The maximum Gasteiger partial charge on any atom is 0.124 e. The van der Waals surface area contributed by atoms with E-state index in [1.165, 1.54) is 0 Å². The van der Waals surface area contributed by atoms with Crippen molar-refractivity contribution in [3.05, 3.63) is 18.7 Å². The summed E-state index contributed by atoms with van der Waals surface area (Å²) in [5.74, 6) is 0. The second-order valence-corrected chi connectivity index (χ2v) is 3.18. The van der Waals surface area contributed by atoms with Crippen molar-refractivity contribution in [1.82, 2.24) is 9.55 Å². The first-order valence-electron chi connectivity index (χ1n) is 4.60. The summed E-state index contributed by atoms with van der Waals surface area (Å²) >= 11 is 0. The van der Waals surface area contributed by atoms with Crippen molar-refractivity contribution in [2.75, 3.05) is 13.2 Å². The average Bonchev–Trinajstić information content (AvgIpc) is 2.69. The van der Waals surface area contributed by atoms with Crippen LogP contribution in [0, 0.1) is 0 Å². The largest absolute Gasteiger partial charge is 0.381 e. The number of imidazole rings is 1. The van der Waals surface area contributed by atoms with E-state index in [1.807, 2.05) is 10.8 Å². The van der Waals surface area contributed by atoms with Gasteiger partial charge in [0.15, 0.2) is 0 Å². The first kappa shape index (κ1) is 8.72. The zero-order valence-corrected chi connectivity index (χ0v) is 7.56. The Morgan fingerprint density at radius 3 is 3.00 bits per heavy atom. The summed E-state index contributed by atoms with van der Waals surface area (Å²) < 4.78 is 12.8. The summed E-state index contributed by atoms with van der Waals surface area (Å²) in [4.78, 5) is 3.94. The van der Waals surface area contributed by atoms with E-state index in [-0.39, 0.29) is 0 Å². The smallest absolute Gasteiger partial charge is 0.124 e. The van der Waals surface area contributed by atoms with E-state index < -0.39 is 0 Å². The summed E-state index contributed by atoms with van der Waals surface area (Å²) in [5.41, 5.74) is 0. The molecular weight excluding hydrogens is 168 g/mol. The first-order chi connectivity index (χ1) is 6.45. The van der Waals surface area contributed by atoms with Gasteiger partial charge in [0, 0.05) is 25.6 Å². The SMILES string of the molecule is c1cn(COC2CCOCC2)cn1. The number of hydrogen-bond donors (Lipinski definition) is 0. The van der Waals surface area contributed by atoms with E-state index in [1.54, 1.807) is 12.5 Å². The van der Waals surface area contributed by atoms with Gasteiger partial charge in [0.2, 0.25) is 0 Å². The molecule has 1 fully saturated rings. The van der Waals surface area contributed by atoms with Crippen LogP contribution in [0.2, 0.25) is 0 Å². The minimum absolute atomic E-state index is 0.358. The van der Waals surface area contributed by atoms with Crippen LogP contribution in [0.15, 0.2) is 18.7 Å². The van der Waals surface area contributed by atoms with Crippen molar-refractivity contribution in [3.8, 4) is 0 Å². The van der Waals surface area contributed by atoms with E-state index in [2.05, 4.69) is 4.98 Å². The molecule has 72 valence electrons. The minimum atomic E-state index is 0.358. The van der Waals surface area contributed by atoms with E-state index in [9.17, 15) is 0 Å². The predicted molar refractivity (Wildman–Crippen MR) is 47.2 cm³/mol. The van der Waals surface area contributed by atoms with Gasteiger partial charge in [-0.2, -0.15) is 0 Å². The zero-order valence-electron chi connectivity index (χ0n) is 7.56. The molecule has 2 rings (SSSR count). The molecule has 0 unspecified atom stereocenters. The molecule has 4 nitrogen and oxygen atoms in total. The standard InChI is InChI=1S/C9H14N2O2/c1-5-12-6-2-9(1)13-8-11-4-3-10-7-11/h3-4,7,9H,1-2,5-6,8H2. The van der Waals surface area contributed by atoms with Crippen molar-refractivity contribution in [2.45, 2.75) is 25.7 Å². The van der Waals surface area contributed by atoms with Crippen LogP contribution in [-0.2, 0) is 16.2 Å². The molecule has 1 aliphatic heterocycles. The number of aromatic nitrogens is 2. The van der Waals surface area contributed by atoms with Gasteiger partial charge < -0.3 is 14.0 Å². The Kier molecular flexibility index (Phi) is 2.94. The maximum atomic E-state index is 5.67. The van der Waals surface area contributed by atoms with Crippen molar-refractivity contribution in [3.63, 3.8) is 0 Å². The lowest BCUT2D eigenvalue weighted by Crippen LogP contribution is -2.24. The molecule has 0 amide bonds. The molecule has 13 heavy (non-hydrogen) atoms. The van der Waals surface area contributed by atoms with Gasteiger partial charge in [0.25, 0.3) is 0 Å². The van der Waals surface area contributed by atoms with Gasteiger partial charge in [0.1, 0.15) is 6.73 Å². The summed E-state index contributed by atoms with van der Waals surface area (Å²) in [5, 5.41) is 0. The highest BCUT2D eigenvalue weighted by molar-refractivity contribution is 4.72. The van der Waals surface area contributed by atoms with Gasteiger partial charge in [-0.25, -0.2) is 4.98 Å². The van der Waals surface area contributed by atoms with Crippen LogP contribution in [0.25, 0.3) is 0 Å². The van der Waals surface area contributed by atoms with Crippen LogP contribution in [0.5, 0.6) is 0 Å². The number of rotatable bonds is 3. The topological polar surface area (TPSA) is 36.3 Å². The summed E-state index contributed by atoms with van der Waals surface area (Å²) in [7, 11) is 0. The van der Waals surface area contributed by atoms with Gasteiger partial charge in [-0.3, -0.25) is 0 Å². The highest BCUT2D eigenvalue weighted by Gasteiger charge is 2.13. The number of hydrogen-bond acceptors (Lipinski definition) is 3. The van der Waals surface area contributed by atoms with Crippen molar-refractivity contribution >= 4 is 0 Å². The molecule has 0 bridgehead atoms. The first-order valence-corrected chi connectivity index (χ1v) is 4.60. The molecule has 0 atom stereocenters. The fourth-order valence-electron chi connectivity index (χ4n) is 1.40. The normalized spacial score (nSPS) is 19.1. The van der Waals surface area contributed by atoms with Gasteiger partial charge in [-0.05, 0) is 12.8 Å². The number of nitrogens with zero attached hydrogens (tertiary/aromatic N) is 2. The molecule has 2 heterocycles. The Morgan fingerprint density at radius 2 is 2.31 bits per heavy atom. The van der Waals surface area contributed by atoms with E-state index in [4.69, 9.17) is 9.47 Å². The molecule has 0 N–H and O–H groups in total. The molecule has 0 aliphatic carbocycles. The lowest BCUT2D eigenvalue weighted by Gasteiger charge is -2.22. The van der Waals surface area contributed by atoms with Crippen molar-refractivity contribution in [2.24, 2.45) is 0 Å². The molecule has 1 aliphatic rings. The van der Waals surface area contributed by atoms with Crippen LogP contribution in [-0.4, -0.2) is 28.9 Å². The van der Waals surface area contributed by atoms with Gasteiger partial charge in [0.05, 0.1) is 12.4 Å². The highest BCUT2D eigenvalue weighted by Crippen LogP contribution is 2.10. The monoisotopic (exact) mass is 182 g/mol. The molecule has 0 radical (unpaired) electrons. The molecule has 4 heteroatoms. The zero-order chi connectivity index (χ0) is 8.93. The van der Waals surface area contributed by atoms with Crippen LogP contribution in [0.3, 0.4) is 0 Å². The lowest BCUT2D eigenvalue weighted by molar-refractivity contribution is -0.0568. The quantitative estimate of drug-likeness (QED) is 0.700. The van der Waals surface area contributed by atoms with E-state index in [0.717, 1.165) is 26.1 Å². The summed E-state index contributed by atoms with van der Waals surface area (Å²) in [6, 6.07) is 0. The van der Waals surface area contributed by atoms with Crippen LogP contribution < -0.4 is 0 Å². The lowest BCUT2D eigenvalue weighted by atomic mass is 10.2. The third kappa shape index (κ3) is 2.54. The molecule has 1 aromatic heterocycles. The number of ether oxygens (including phenoxy) is 2. The third-order valence-corrected chi connectivity index (χ3v) is 2.19. The minimum Gasteiger partial charge on any atom is -0.381 e. The molecular formula is C9H14N2O2. The summed E-state index contributed by atoms with van der Waals surface area (Å²) in [6.45, 7) is 2.26. The Hall–Kier alpha value is -0.870. The predicted octanol–water partition coefficient (Wildman–Crippen LogP) is 1.04. The van der Waals surface area contributed by atoms with Crippen LogP contribution in [0.4, 0.5) is 0 Å². The summed E-state index contributed by atoms with van der Waals surface area (Å²) in [6.07, 6.45) is 7.80. The molecule has 1 aromatic rings. The molecule has 0 saturated carbocycles. The third-order valence-electron chi connectivity index (χ3n) is 2.19. The van der Waals surface area contributed by atoms with E-state index >= 15 is 0 Å². The fourth-order valence-corrected chi connectivity index (χ4v) is 1.40. The van der Waals surface area contributed by atoms with Crippen molar-refractivity contribution < 1.29 is 9.47 Å². The molecule has 0 aromatic carbocycles. The van der Waals surface area contributed by atoms with Gasteiger partial charge in [-0.1, -0.05) is 0 Å². The highest BCUT2D eigenvalue weighted by atomic mass is 16.5. The maximum absolute atomic E-state index is 5.67. The second kappa shape index (κ2) is 4.39. The Balaban J connectivity index is 1.72.